The summed E-state index contributed by atoms with van der Waals surface area (Å²) in [5.41, 5.74) is 0. The van der Waals surface area contributed by atoms with Crippen LogP contribution < -0.4 is 0 Å². The molecule has 0 atom stereocenters. The molecular formula is C5H5O2S. The summed E-state index contributed by atoms with van der Waals surface area (Å²) in [5, 5.41) is 0. The van der Waals surface area contributed by atoms with Crippen molar-refractivity contribution in [3.8, 4) is 0 Å². The first-order chi connectivity index (χ1) is 3.80. The predicted molar refractivity (Wildman–Crippen MR) is 31.4 cm³/mol. The normalized spacial score (nSPS) is 21.5. The van der Waals surface area contributed by atoms with Gasteiger partial charge in [0.05, 0.1) is 5.75 Å². The molecule has 0 aromatic heterocycles. The Kier molecular flexibility index (Phi) is 1.68. The Bertz CT molecular complexity index is 114. The second kappa shape index (κ2) is 2.31. The largest absolute Gasteiger partial charge is 0.291 e. The van der Waals surface area contributed by atoms with Crippen molar-refractivity contribution in [3.63, 3.8) is 0 Å². The molecule has 0 amide bonds. The van der Waals surface area contributed by atoms with Crippen molar-refractivity contribution in [1.82, 2.24) is 0 Å². The number of hydrogen-bond acceptors (Lipinski definition) is 3. The van der Waals surface area contributed by atoms with Crippen LogP contribution >= 0.6 is 11.8 Å². The molecule has 1 fully saturated rings. The minimum absolute atomic E-state index is 0.247. The molecule has 0 bridgehead atoms. The van der Waals surface area contributed by atoms with Gasteiger partial charge in [-0.2, -0.15) is 0 Å². The van der Waals surface area contributed by atoms with Gasteiger partial charge >= 0.3 is 0 Å². The molecular weight excluding hydrogens is 124 g/mol. The molecule has 8 heavy (non-hydrogen) atoms. The quantitative estimate of drug-likeness (QED) is 0.444. The summed E-state index contributed by atoms with van der Waals surface area (Å²) >= 11 is 1.41. The lowest BCUT2D eigenvalue weighted by molar-refractivity contribution is -0.134. The van der Waals surface area contributed by atoms with Gasteiger partial charge in [-0.05, 0) is 0 Å². The highest BCUT2D eigenvalue weighted by atomic mass is 32.2. The lowest BCUT2D eigenvalue weighted by Crippen LogP contribution is -2.17. The molecule has 0 saturated carbocycles. The molecule has 0 aromatic carbocycles. The first kappa shape index (κ1) is 5.82. The van der Waals surface area contributed by atoms with Crippen molar-refractivity contribution in [2.24, 2.45) is 0 Å². The first-order valence-electron chi connectivity index (χ1n) is 2.32. The van der Waals surface area contributed by atoms with E-state index in [-0.39, 0.29) is 11.6 Å². The van der Waals surface area contributed by atoms with Gasteiger partial charge in [0, 0.05) is 12.2 Å². The molecule has 0 N–H and O–H groups in total. The highest BCUT2D eigenvalue weighted by molar-refractivity contribution is 8.02. The second-order valence-electron chi connectivity index (χ2n) is 1.53. The number of carbonyl (C=O) groups is 2. The monoisotopic (exact) mass is 129 g/mol. The minimum Gasteiger partial charge on any atom is -0.291 e. The first-order valence-corrected chi connectivity index (χ1v) is 3.37. The SMILES string of the molecule is O=C1[CH]SCCC1=O. The smallest absolute Gasteiger partial charge is 0.212 e. The molecule has 1 aliphatic heterocycles. The second-order valence-corrected chi connectivity index (χ2v) is 2.50. The van der Waals surface area contributed by atoms with Gasteiger partial charge in [0.25, 0.3) is 0 Å². The van der Waals surface area contributed by atoms with E-state index in [9.17, 15) is 9.59 Å². The van der Waals surface area contributed by atoms with Gasteiger partial charge in [-0.3, -0.25) is 9.59 Å². The third kappa shape index (κ3) is 1.10. The van der Waals surface area contributed by atoms with Crippen LogP contribution in [0.2, 0.25) is 0 Å². The lowest BCUT2D eigenvalue weighted by atomic mass is 10.2. The average molecular weight is 129 g/mol. The van der Waals surface area contributed by atoms with Crippen LogP contribution in [0.5, 0.6) is 0 Å². The van der Waals surface area contributed by atoms with Crippen LogP contribution in [0.4, 0.5) is 0 Å². The van der Waals surface area contributed by atoms with Gasteiger partial charge in [0.1, 0.15) is 0 Å². The third-order valence-corrected chi connectivity index (χ3v) is 1.73. The van der Waals surface area contributed by atoms with E-state index >= 15 is 0 Å². The van der Waals surface area contributed by atoms with E-state index in [4.69, 9.17) is 0 Å². The van der Waals surface area contributed by atoms with E-state index < -0.39 is 0 Å². The van der Waals surface area contributed by atoms with E-state index in [1.807, 2.05) is 0 Å². The summed E-state index contributed by atoms with van der Waals surface area (Å²) in [6, 6.07) is 0. The number of thioether (sulfide) groups is 1. The zero-order valence-corrected chi connectivity index (χ0v) is 5.03. The fourth-order valence-corrected chi connectivity index (χ4v) is 1.18. The highest BCUT2D eigenvalue weighted by Crippen LogP contribution is 2.14. The zero-order valence-electron chi connectivity index (χ0n) is 4.22. The van der Waals surface area contributed by atoms with E-state index in [0.717, 1.165) is 5.75 Å². The standard InChI is InChI=1S/C5H5O2S/c6-4-1-2-8-3-5(4)7/h3H,1-2H2. The Balaban J connectivity index is 2.52. The summed E-state index contributed by atoms with van der Waals surface area (Å²) in [6.45, 7) is 0. The molecule has 0 unspecified atom stereocenters. The molecule has 1 aliphatic rings. The average Bonchev–Trinajstić information content (AvgIpc) is 1.77. The van der Waals surface area contributed by atoms with Gasteiger partial charge < -0.3 is 0 Å². The summed E-state index contributed by atoms with van der Waals surface area (Å²) in [5.74, 6) is 1.57. The Labute approximate surface area is 51.6 Å². The fraction of sp³-hybridized carbons (Fsp3) is 0.400. The van der Waals surface area contributed by atoms with E-state index in [2.05, 4.69) is 0 Å². The summed E-state index contributed by atoms with van der Waals surface area (Å²) in [7, 11) is 0. The maximum absolute atomic E-state index is 10.4. The molecule has 1 rings (SSSR count). The molecule has 0 aromatic rings. The molecule has 1 heterocycles. The van der Waals surface area contributed by atoms with Gasteiger partial charge in [-0.15, -0.1) is 11.8 Å². The summed E-state index contributed by atoms with van der Waals surface area (Å²) in [4.78, 5) is 20.8. The number of hydrogen-bond donors (Lipinski definition) is 0. The molecule has 0 aliphatic carbocycles. The number of carbonyl (C=O) groups excluding carboxylic acids is 2. The Hall–Kier alpha value is -0.310. The van der Waals surface area contributed by atoms with Crippen LogP contribution in [-0.2, 0) is 9.59 Å². The van der Waals surface area contributed by atoms with E-state index in [0.29, 0.717) is 6.42 Å². The van der Waals surface area contributed by atoms with Crippen LogP contribution in [0.3, 0.4) is 0 Å². The highest BCUT2D eigenvalue weighted by Gasteiger charge is 2.18. The number of ketones is 2. The van der Waals surface area contributed by atoms with E-state index in [1.54, 1.807) is 0 Å². The molecule has 1 radical (unpaired) electrons. The van der Waals surface area contributed by atoms with Crippen LogP contribution in [0, 0.1) is 5.75 Å². The summed E-state index contributed by atoms with van der Waals surface area (Å²) < 4.78 is 0. The number of Topliss-reactive ketones (excluding diaryl/α,β-unsaturated/α-hetero) is 2. The topological polar surface area (TPSA) is 34.1 Å². The molecule has 43 valence electrons. The summed E-state index contributed by atoms with van der Waals surface area (Å²) in [6.07, 6.45) is 0.417. The fourth-order valence-electron chi connectivity index (χ4n) is 0.475. The van der Waals surface area contributed by atoms with Crippen LogP contribution in [0.25, 0.3) is 0 Å². The molecule has 2 nitrogen and oxygen atoms in total. The Morgan fingerprint density at radius 3 is 2.62 bits per heavy atom. The van der Waals surface area contributed by atoms with Gasteiger partial charge in [0.2, 0.25) is 5.78 Å². The van der Waals surface area contributed by atoms with Crippen LogP contribution in [-0.4, -0.2) is 17.3 Å². The predicted octanol–water partition coefficient (Wildman–Crippen LogP) is 0.423. The minimum atomic E-state index is -0.332. The molecule has 0 spiro atoms. The van der Waals surface area contributed by atoms with Crippen molar-refractivity contribution in [2.45, 2.75) is 6.42 Å². The van der Waals surface area contributed by atoms with Crippen molar-refractivity contribution >= 4 is 23.3 Å². The van der Waals surface area contributed by atoms with Crippen molar-refractivity contribution in [1.29, 1.82) is 0 Å². The lowest BCUT2D eigenvalue weighted by Gasteiger charge is -2.03. The maximum Gasteiger partial charge on any atom is 0.212 e. The third-order valence-electron chi connectivity index (χ3n) is 0.912. The van der Waals surface area contributed by atoms with Crippen molar-refractivity contribution in [2.75, 3.05) is 5.75 Å². The van der Waals surface area contributed by atoms with Gasteiger partial charge in [0.15, 0.2) is 5.78 Å². The molecule has 1 saturated heterocycles. The Morgan fingerprint density at radius 1 is 1.50 bits per heavy atom. The zero-order chi connectivity index (χ0) is 5.98. The van der Waals surface area contributed by atoms with E-state index in [1.165, 1.54) is 17.5 Å². The van der Waals surface area contributed by atoms with Crippen molar-refractivity contribution in [3.05, 3.63) is 5.75 Å². The van der Waals surface area contributed by atoms with Crippen LogP contribution in [0.1, 0.15) is 6.42 Å². The van der Waals surface area contributed by atoms with Crippen molar-refractivity contribution < 1.29 is 9.59 Å². The molecule has 3 heteroatoms. The Morgan fingerprint density at radius 2 is 2.25 bits per heavy atom. The van der Waals surface area contributed by atoms with Crippen LogP contribution in [0.15, 0.2) is 0 Å². The van der Waals surface area contributed by atoms with Gasteiger partial charge in [-0.1, -0.05) is 0 Å². The number of rotatable bonds is 0. The van der Waals surface area contributed by atoms with Gasteiger partial charge in [-0.25, -0.2) is 0 Å². The maximum atomic E-state index is 10.4.